The fourth-order valence-corrected chi connectivity index (χ4v) is 7.20. The first kappa shape index (κ1) is 28.7. The van der Waals surface area contributed by atoms with Gasteiger partial charge in [0.2, 0.25) is 5.91 Å². The zero-order valence-corrected chi connectivity index (χ0v) is 23.9. The van der Waals surface area contributed by atoms with E-state index in [0.29, 0.717) is 36.9 Å². The highest BCUT2D eigenvalue weighted by molar-refractivity contribution is 5.91. The number of carbonyl (C=O) groups is 1. The van der Waals surface area contributed by atoms with Crippen molar-refractivity contribution in [1.82, 2.24) is 29.9 Å². The summed E-state index contributed by atoms with van der Waals surface area (Å²) in [6, 6.07) is 9.34. The van der Waals surface area contributed by atoms with Gasteiger partial charge >= 0.3 is 6.18 Å². The predicted molar refractivity (Wildman–Crippen MR) is 154 cm³/mol. The third kappa shape index (κ3) is 5.28. The van der Waals surface area contributed by atoms with E-state index in [4.69, 9.17) is 4.52 Å². The highest BCUT2D eigenvalue weighted by atomic mass is 19.4. The number of nitrogens with zero attached hydrogens (tertiary/aromatic N) is 6. The van der Waals surface area contributed by atoms with E-state index in [-0.39, 0.29) is 41.3 Å². The summed E-state index contributed by atoms with van der Waals surface area (Å²) in [5.74, 6) is 0.600. The van der Waals surface area contributed by atoms with E-state index in [2.05, 4.69) is 30.3 Å². The van der Waals surface area contributed by atoms with Gasteiger partial charge in [0, 0.05) is 55.4 Å². The summed E-state index contributed by atoms with van der Waals surface area (Å²) >= 11 is 0. The number of pyridine rings is 1. The molecule has 5 heterocycles. The van der Waals surface area contributed by atoms with Crippen LogP contribution in [-0.4, -0.2) is 78.7 Å². The monoisotopic (exact) mass is 607 g/mol. The number of carbonyl (C=O) groups excluding carboxylic acids is 1. The minimum Gasteiger partial charge on any atom is -0.384 e. The minimum absolute atomic E-state index is 0.0836. The molecule has 230 valence electrons. The first-order valence-electron chi connectivity index (χ1n) is 14.9. The van der Waals surface area contributed by atoms with Gasteiger partial charge in [0.1, 0.15) is 5.60 Å². The molecular weight excluding hydrogens is 575 g/mol. The van der Waals surface area contributed by atoms with Crippen molar-refractivity contribution in [2.24, 2.45) is 0 Å². The number of hydrogen-bond donors (Lipinski definition) is 2. The summed E-state index contributed by atoms with van der Waals surface area (Å²) in [4.78, 5) is 30.7. The fourth-order valence-electron chi connectivity index (χ4n) is 7.20. The van der Waals surface area contributed by atoms with Gasteiger partial charge in [-0.15, -0.1) is 0 Å². The lowest BCUT2D eigenvalue weighted by Crippen LogP contribution is -2.47. The maximum atomic E-state index is 13.2. The van der Waals surface area contributed by atoms with E-state index in [9.17, 15) is 23.1 Å². The van der Waals surface area contributed by atoms with Gasteiger partial charge in [-0.3, -0.25) is 14.7 Å². The van der Waals surface area contributed by atoms with Crippen molar-refractivity contribution in [1.29, 1.82) is 0 Å². The Morgan fingerprint density at radius 2 is 1.80 bits per heavy atom. The number of anilines is 1. The van der Waals surface area contributed by atoms with E-state index in [1.165, 1.54) is 6.07 Å². The zero-order valence-electron chi connectivity index (χ0n) is 23.9. The molecule has 3 fully saturated rings. The number of halogens is 3. The molecule has 10 nitrogen and oxygen atoms in total. The van der Waals surface area contributed by atoms with Crippen LogP contribution >= 0.6 is 0 Å². The van der Waals surface area contributed by atoms with E-state index < -0.39 is 17.3 Å². The van der Waals surface area contributed by atoms with Gasteiger partial charge in [-0.1, -0.05) is 5.16 Å². The number of aliphatic hydroxyl groups is 1. The number of fused-ring (bicyclic) bond motifs is 2. The largest absolute Gasteiger partial charge is 0.416 e. The molecule has 0 bridgehead atoms. The average Bonchev–Trinajstić information content (AvgIpc) is 3.76. The summed E-state index contributed by atoms with van der Waals surface area (Å²) in [7, 11) is 0. The van der Waals surface area contributed by atoms with Gasteiger partial charge < -0.3 is 19.8 Å². The van der Waals surface area contributed by atoms with Crippen molar-refractivity contribution in [2.45, 2.75) is 68.4 Å². The summed E-state index contributed by atoms with van der Waals surface area (Å²) in [6.07, 6.45) is 5.19. The lowest BCUT2D eigenvalue weighted by molar-refractivity contribution is -0.137. The van der Waals surface area contributed by atoms with Crippen LogP contribution in [0.25, 0.3) is 22.4 Å². The van der Waals surface area contributed by atoms with Gasteiger partial charge in [-0.25, -0.2) is 9.97 Å². The summed E-state index contributed by atoms with van der Waals surface area (Å²) in [6.45, 7) is 1.43. The van der Waals surface area contributed by atoms with Crippen LogP contribution in [-0.2, 0) is 16.6 Å². The number of nitrogens with one attached hydrogen (secondary N) is 1. The van der Waals surface area contributed by atoms with Gasteiger partial charge in [0.25, 0.3) is 0 Å². The van der Waals surface area contributed by atoms with E-state index in [1.807, 2.05) is 17.0 Å². The standard InChI is InChI=1S/C31H32F3N7O3/c32-31(33,34)20-3-4-25-22(16-20)29(39-44-25)38-18-27(42)41-15-9-23-24(41)8-14-40(23)21-6-10-30(43,11-7-21)26-5-2-19(17-37-26)28-35-12-1-13-36-28/h1-5,12-13,16-17,21,23-24,43H,6-11,14-15,18H2,(H,38,39). The van der Waals surface area contributed by atoms with Crippen molar-refractivity contribution in [3.63, 3.8) is 0 Å². The molecule has 0 radical (unpaired) electrons. The second-order valence-electron chi connectivity index (χ2n) is 11.9. The quantitative estimate of drug-likeness (QED) is 0.324. The Labute approximate surface area is 251 Å². The molecule has 7 rings (SSSR count). The van der Waals surface area contributed by atoms with Crippen LogP contribution in [0, 0.1) is 0 Å². The van der Waals surface area contributed by atoms with Crippen molar-refractivity contribution >= 4 is 22.7 Å². The number of amides is 1. The molecule has 2 aliphatic heterocycles. The second kappa shape index (κ2) is 11.1. The Morgan fingerprint density at radius 3 is 2.52 bits per heavy atom. The Balaban J connectivity index is 0.948. The summed E-state index contributed by atoms with van der Waals surface area (Å²) in [5.41, 5.74) is -0.106. The van der Waals surface area contributed by atoms with Gasteiger partial charge in [-0.05, 0) is 74.9 Å². The number of rotatable bonds is 6. The molecule has 1 aromatic carbocycles. The molecule has 4 aromatic rings. The molecule has 1 aliphatic carbocycles. The van der Waals surface area contributed by atoms with Crippen LogP contribution < -0.4 is 5.32 Å². The molecule has 2 N–H and O–H groups in total. The zero-order chi connectivity index (χ0) is 30.5. The van der Waals surface area contributed by atoms with E-state index >= 15 is 0 Å². The summed E-state index contributed by atoms with van der Waals surface area (Å²) in [5, 5.41) is 18.4. The van der Waals surface area contributed by atoms with Crippen molar-refractivity contribution in [3.05, 3.63) is 66.2 Å². The van der Waals surface area contributed by atoms with Gasteiger partial charge in [0.05, 0.1) is 23.2 Å². The van der Waals surface area contributed by atoms with E-state index in [0.717, 1.165) is 49.9 Å². The lowest BCUT2D eigenvalue weighted by atomic mass is 9.79. The van der Waals surface area contributed by atoms with Crippen molar-refractivity contribution in [2.75, 3.05) is 25.0 Å². The van der Waals surface area contributed by atoms with E-state index in [1.54, 1.807) is 24.7 Å². The second-order valence-corrected chi connectivity index (χ2v) is 11.9. The molecule has 2 unspecified atom stereocenters. The normalized spacial score (nSPS) is 25.8. The smallest absolute Gasteiger partial charge is 0.384 e. The molecule has 0 spiro atoms. The van der Waals surface area contributed by atoms with Crippen LogP contribution in [0.4, 0.5) is 19.0 Å². The van der Waals surface area contributed by atoms with Gasteiger partial charge in [-0.2, -0.15) is 13.2 Å². The first-order chi connectivity index (χ1) is 21.2. The Hall–Kier alpha value is -4.10. The molecule has 44 heavy (non-hydrogen) atoms. The van der Waals surface area contributed by atoms with Gasteiger partial charge in [0.15, 0.2) is 17.2 Å². The molecule has 3 aromatic heterocycles. The highest BCUT2D eigenvalue weighted by Crippen LogP contribution is 2.42. The molecule has 13 heteroatoms. The highest BCUT2D eigenvalue weighted by Gasteiger charge is 2.48. The Kier molecular flexibility index (Phi) is 7.24. The summed E-state index contributed by atoms with van der Waals surface area (Å²) < 4.78 is 44.7. The maximum Gasteiger partial charge on any atom is 0.416 e. The first-order valence-corrected chi connectivity index (χ1v) is 14.9. The third-order valence-electron chi connectivity index (χ3n) is 9.46. The van der Waals surface area contributed by atoms with Crippen LogP contribution in [0.15, 0.2) is 59.5 Å². The third-order valence-corrected chi connectivity index (χ3v) is 9.46. The number of alkyl halides is 3. The van der Waals surface area contributed by atoms with Crippen LogP contribution in [0.2, 0.25) is 0 Å². The molecule has 3 aliphatic rings. The predicted octanol–water partition coefficient (Wildman–Crippen LogP) is 4.62. The Morgan fingerprint density at radius 1 is 1.02 bits per heavy atom. The van der Waals surface area contributed by atoms with Crippen LogP contribution in [0.1, 0.15) is 49.8 Å². The molecule has 1 amide bonds. The fraction of sp³-hybridized carbons (Fsp3) is 0.452. The number of hydrogen-bond acceptors (Lipinski definition) is 9. The maximum absolute atomic E-state index is 13.2. The molecular formula is C31H32F3N7O3. The van der Waals surface area contributed by atoms with Crippen molar-refractivity contribution in [3.8, 4) is 11.4 Å². The number of benzene rings is 1. The number of aromatic nitrogens is 4. The topological polar surface area (TPSA) is 121 Å². The van der Waals surface area contributed by atoms with Crippen molar-refractivity contribution < 1.29 is 27.6 Å². The molecule has 2 saturated heterocycles. The van der Waals surface area contributed by atoms with Crippen LogP contribution in [0.3, 0.4) is 0 Å². The average molecular weight is 608 g/mol. The SMILES string of the molecule is O=C(CNc1noc2ccc(C(F)(F)F)cc12)N1CCC2C1CCN2C1CCC(O)(c2ccc(-c3ncccn3)cn2)CC1. The molecule has 2 atom stereocenters. The van der Waals surface area contributed by atoms with Crippen LogP contribution in [0.5, 0.6) is 0 Å². The molecule has 1 saturated carbocycles. The Bertz CT molecular complexity index is 1640. The minimum atomic E-state index is -4.49. The number of likely N-dealkylation sites (tertiary alicyclic amines) is 2. The lowest BCUT2D eigenvalue weighted by Gasteiger charge is -2.41.